The van der Waals surface area contributed by atoms with E-state index in [2.05, 4.69) is 0 Å². The molecule has 0 bridgehead atoms. The Labute approximate surface area is 100 Å². The van der Waals surface area contributed by atoms with E-state index in [9.17, 15) is 0 Å². The van der Waals surface area contributed by atoms with Gasteiger partial charge >= 0.3 is 75.1 Å². The molecule has 0 aliphatic heterocycles. The van der Waals surface area contributed by atoms with Gasteiger partial charge in [-0.05, 0) is 0 Å². The fourth-order valence-electron chi connectivity index (χ4n) is 0. The Hall–Kier alpha value is 2.56. The summed E-state index contributed by atoms with van der Waals surface area (Å²) in [5.74, 6) is 0. The van der Waals surface area contributed by atoms with Gasteiger partial charge in [0.1, 0.15) is 0 Å². The maximum absolute atomic E-state index is 8.55. The summed E-state index contributed by atoms with van der Waals surface area (Å²) in [6.07, 6.45) is 0. The molecule has 0 aromatic carbocycles. The fourth-order valence-corrected chi connectivity index (χ4v) is 0. The molecule has 34 valence electrons. The maximum atomic E-state index is 8.55. The van der Waals surface area contributed by atoms with Crippen LogP contribution in [0.5, 0.6) is 0 Å². The molecular weight excluding hydrogens is 441 g/mol. The van der Waals surface area contributed by atoms with Crippen LogP contribution in [0, 0.1) is 0 Å². The number of rotatable bonds is 0. The molecule has 0 rings (SSSR count). The van der Waals surface area contributed by atoms with E-state index in [-0.39, 0.29) is 75.1 Å². The minimum Gasteiger partial charge on any atom is -0.822 e. The van der Waals surface area contributed by atoms with Gasteiger partial charge < -0.3 is 19.2 Å². The molecule has 2 radical (unpaired) electrons. The summed E-state index contributed by atoms with van der Waals surface area (Å²) < 4.78 is 8.55. The smallest absolute Gasteiger partial charge is 0.822 e. The Balaban J connectivity index is -0.0000000800. The molecule has 0 heterocycles. The van der Waals surface area contributed by atoms with Crippen LogP contribution in [-0.2, 0) is 4.57 Å². The van der Waals surface area contributed by atoms with Crippen LogP contribution in [0.3, 0.4) is 0 Å². The molecule has 0 unspecified atom stereocenters. The zero-order chi connectivity index (χ0) is 4.50. The Kier molecular flexibility index (Phi) is 15.5. The molecule has 7 heteroatoms. The number of hydrogen-bond donors (Lipinski definition) is 0. The molecule has 4 nitrogen and oxygen atoms in total. The second-order valence-electron chi connectivity index (χ2n) is 0.447. The van der Waals surface area contributed by atoms with E-state index in [1.54, 1.807) is 0 Å². The van der Waals surface area contributed by atoms with Crippen LogP contribution in [0.4, 0.5) is 0 Å². The van der Waals surface area contributed by atoms with Gasteiger partial charge in [-0.15, -0.1) is 0 Å². The molecular formula is BaBiO4P+2. The molecule has 0 aromatic rings. The molecule has 0 saturated carbocycles. The van der Waals surface area contributed by atoms with Crippen LogP contribution < -0.4 is 14.7 Å². The van der Waals surface area contributed by atoms with E-state index in [1.165, 1.54) is 0 Å². The molecule has 0 N–H and O–H groups in total. The third kappa shape index (κ3) is 56.1. The van der Waals surface area contributed by atoms with Gasteiger partial charge in [0.2, 0.25) is 0 Å². The molecule has 0 fully saturated rings. The average Bonchev–Trinajstić information content (AvgIpc) is 0.722. The number of hydrogen-bond acceptors (Lipinski definition) is 4. The second-order valence-corrected chi connectivity index (χ2v) is 1.34. The van der Waals surface area contributed by atoms with Crippen molar-refractivity contribution in [2.24, 2.45) is 0 Å². The summed E-state index contributed by atoms with van der Waals surface area (Å²) in [4.78, 5) is 25.6. The van der Waals surface area contributed by atoms with Crippen LogP contribution >= 0.6 is 7.82 Å². The third-order valence-corrected chi connectivity index (χ3v) is 0. The Morgan fingerprint density at radius 3 is 1.14 bits per heavy atom. The van der Waals surface area contributed by atoms with Crippen molar-refractivity contribution in [3.05, 3.63) is 0 Å². The van der Waals surface area contributed by atoms with Gasteiger partial charge in [0.25, 0.3) is 0 Å². The van der Waals surface area contributed by atoms with Crippen molar-refractivity contribution < 1.29 is 19.2 Å². The van der Waals surface area contributed by atoms with Crippen molar-refractivity contribution >= 4 is 82.9 Å². The standard InChI is InChI=1S/Ba.Bi.H3O4P/c;;1-5(2,3)4/h;;(H3,1,2,3,4)/q+2;+3;/p-3. The van der Waals surface area contributed by atoms with Gasteiger partial charge in [0.15, 0.2) is 0 Å². The van der Waals surface area contributed by atoms with E-state index in [0.717, 1.165) is 0 Å². The Bertz CT molecular complexity index is 57.8. The van der Waals surface area contributed by atoms with E-state index in [4.69, 9.17) is 19.2 Å². The fraction of sp³-hybridized carbons (Fsp3) is 0. The van der Waals surface area contributed by atoms with Crippen LogP contribution in [0.25, 0.3) is 0 Å². The first-order valence-electron chi connectivity index (χ1n) is 0.730. The normalized spacial score (nSPS) is 8.43. The first-order chi connectivity index (χ1) is 2.00. The molecule has 0 aliphatic rings. The van der Waals surface area contributed by atoms with Crippen LogP contribution in [0.15, 0.2) is 0 Å². The van der Waals surface area contributed by atoms with Crippen LogP contribution in [0.1, 0.15) is 0 Å². The molecule has 0 aromatic heterocycles. The van der Waals surface area contributed by atoms with Crippen molar-refractivity contribution in [1.82, 2.24) is 0 Å². The van der Waals surface area contributed by atoms with E-state index < -0.39 is 7.82 Å². The molecule has 0 aliphatic carbocycles. The minimum atomic E-state index is -5.39. The molecule has 0 amide bonds. The SMILES string of the molecule is O=P([O-])([O-])[O-].[Ba+2].[Bi+3]. The molecule has 0 atom stereocenters. The van der Waals surface area contributed by atoms with Gasteiger partial charge in [-0.3, -0.25) is 0 Å². The predicted octanol–water partition coefficient (Wildman–Crippen LogP) is -3.59. The largest absolute Gasteiger partial charge is 3.00 e. The molecule has 0 spiro atoms. The van der Waals surface area contributed by atoms with Gasteiger partial charge in [-0.2, -0.15) is 7.82 Å². The average molecular weight is 441 g/mol. The molecule has 7 heavy (non-hydrogen) atoms. The first kappa shape index (κ1) is 16.3. The number of phosphoric acid groups is 1. The summed E-state index contributed by atoms with van der Waals surface area (Å²) in [5.41, 5.74) is 0. The monoisotopic (exact) mass is 442 g/mol. The van der Waals surface area contributed by atoms with Crippen molar-refractivity contribution in [3.8, 4) is 0 Å². The predicted molar refractivity (Wildman–Crippen MR) is 19.1 cm³/mol. The maximum Gasteiger partial charge on any atom is 3.00 e. The summed E-state index contributed by atoms with van der Waals surface area (Å²) in [6.45, 7) is 0. The van der Waals surface area contributed by atoms with Gasteiger partial charge in [0, 0.05) is 0 Å². The molecule has 0 saturated heterocycles. The van der Waals surface area contributed by atoms with Crippen molar-refractivity contribution in [2.45, 2.75) is 0 Å². The Morgan fingerprint density at radius 1 is 1.14 bits per heavy atom. The van der Waals surface area contributed by atoms with Gasteiger partial charge in [-0.1, -0.05) is 0 Å². The summed E-state index contributed by atoms with van der Waals surface area (Å²) in [7, 11) is -5.39. The van der Waals surface area contributed by atoms with Gasteiger partial charge in [-0.25, -0.2) is 0 Å². The third-order valence-electron chi connectivity index (χ3n) is 0. The zero-order valence-electron chi connectivity index (χ0n) is 3.23. The zero-order valence-corrected chi connectivity index (χ0v) is 12.0. The quantitative estimate of drug-likeness (QED) is 0.288. The van der Waals surface area contributed by atoms with Crippen molar-refractivity contribution in [1.29, 1.82) is 0 Å². The van der Waals surface area contributed by atoms with Crippen LogP contribution in [-0.4, -0.2) is 75.1 Å². The van der Waals surface area contributed by atoms with E-state index in [1.807, 2.05) is 0 Å². The Morgan fingerprint density at radius 2 is 1.14 bits per heavy atom. The van der Waals surface area contributed by atoms with E-state index in [0.29, 0.717) is 0 Å². The summed E-state index contributed by atoms with van der Waals surface area (Å²) in [6, 6.07) is 0. The van der Waals surface area contributed by atoms with Gasteiger partial charge in [0.05, 0.1) is 0 Å². The summed E-state index contributed by atoms with van der Waals surface area (Å²) >= 11 is 0. The van der Waals surface area contributed by atoms with Crippen LogP contribution in [0.2, 0.25) is 0 Å². The summed E-state index contributed by atoms with van der Waals surface area (Å²) in [5, 5.41) is 0. The minimum absolute atomic E-state index is 0. The van der Waals surface area contributed by atoms with Crippen molar-refractivity contribution in [3.63, 3.8) is 0 Å². The topological polar surface area (TPSA) is 86.2 Å². The first-order valence-corrected chi connectivity index (χ1v) is 2.19. The van der Waals surface area contributed by atoms with E-state index >= 15 is 0 Å². The van der Waals surface area contributed by atoms with Crippen molar-refractivity contribution in [2.75, 3.05) is 0 Å². The second kappa shape index (κ2) is 6.68.